The number of nitrogens with zero attached hydrogens (tertiary/aromatic N) is 1. The molecule has 4 N–H and O–H groups in total. The van der Waals surface area contributed by atoms with Gasteiger partial charge in [-0.3, -0.25) is 4.79 Å². The summed E-state index contributed by atoms with van der Waals surface area (Å²) < 4.78 is 5.57. The Kier molecular flexibility index (Phi) is 6.78. The molecule has 1 amide bonds. The van der Waals surface area contributed by atoms with E-state index in [0.717, 1.165) is 6.42 Å². The number of nitrogens with two attached hydrogens (primary N) is 1. The summed E-state index contributed by atoms with van der Waals surface area (Å²) in [6.07, 6.45) is 0.909. The van der Waals surface area contributed by atoms with Crippen molar-refractivity contribution in [1.29, 1.82) is 0 Å². The number of carbonyl (C=O) groups excluding carboxylic acids is 1. The Morgan fingerprint density at radius 1 is 1.38 bits per heavy atom. The van der Waals surface area contributed by atoms with Crippen LogP contribution in [0.4, 0.5) is 11.5 Å². The van der Waals surface area contributed by atoms with Crippen LogP contribution in [-0.4, -0.2) is 30.1 Å². The Morgan fingerprint density at radius 3 is 2.71 bits per heavy atom. The van der Waals surface area contributed by atoms with Gasteiger partial charge in [-0.1, -0.05) is 20.8 Å². The average molecular weight is 294 g/mol. The fourth-order valence-electron chi connectivity index (χ4n) is 1.58. The van der Waals surface area contributed by atoms with Crippen LogP contribution < -0.4 is 21.1 Å². The summed E-state index contributed by atoms with van der Waals surface area (Å²) in [5, 5.41) is 5.88. The van der Waals surface area contributed by atoms with Crippen molar-refractivity contribution in [1.82, 2.24) is 10.3 Å². The lowest BCUT2D eigenvalue weighted by atomic mass is 10.2. The molecule has 0 saturated carbocycles. The molecule has 1 rings (SSSR count). The van der Waals surface area contributed by atoms with E-state index in [4.69, 9.17) is 10.5 Å². The van der Waals surface area contributed by atoms with E-state index in [9.17, 15) is 4.79 Å². The first-order valence-electron chi connectivity index (χ1n) is 7.37. The molecule has 0 fully saturated rings. The Morgan fingerprint density at radius 2 is 2.10 bits per heavy atom. The molecule has 0 radical (unpaired) electrons. The highest BCUT2D eigenvalue weighted by Crippen LogP contribution is 2.21. The minimum atomic E-state index is -0.370. The molecule has 1 aromatic rings. The maximum Gasteiger partial charge on any atom is 0.242 e. The number of aromatic nitrogens is 1. The summed E-state index contributed by atoms with van der Waals surface area (Å²) in [7, 11) is 0. The van der Waals surface area contributed by atoms with Crippen LogP contribution in [0.5, 0.6) is 5.88 Å². The summed E-state index contributed by atoms with van der Waals surface area (Å²) >= 11 is 0. The first-order chi connectivity index (χ1) is 9.93. The minimum Gasteiger partial charge on any atom is -0.476 e. The van der Waals surface area contributed by atoms with Crippen LogP contribution in [0.2, 0.25) is 0 Å². The Labute approximate surface area is 126 Å². The molecular weight excluding hydrogens is 268 g/mol. The number of anilines is 2. The third-order valence-corrected chi connectivity index (χ3v) is 2.75. The van der Waals surface area contributed by atoms with Gasteiger partial charge in [-0.25, -0.2) is 0 Å². The van der Waals surface area contributed by atoms with E-state index >= 15 is 0 Å². The molecular formula is C15H26N4O2. The van der Waals surface area contributed by atoms with Gasteiger partial charge in [0.25, 0.3) is 0 Å². The predicted octanol–water partition coefficient (Wildman–Crippen LogP) is 2.03. The molecule has 0 aromatic carbocycles. The number of carbonyl (C=O) groups is 1. The Bertz CT molecular complexity index is 463. The van der Waals surface area contributed by atoms with Gasteiger partial charge in [-0.05, 0) is 31.4 Å². The Hall–Kier alpha value is -1.98. The first-order valence-corrected chi connectivity index (χ1v) is 7.37. The normalized spacial score (nSPS) is 12.0. The second-order valence-electron chi connectivity index (χ2n) is 5.45. The number of pyridine rings is 1. The van der Waals surface area contributed by atoms with Crippen molar-refractivity contribution in [2.75, 3.05) is 24.2 Å². The number of amides is 1. The van der Waals surface area contributed by atoms with Crippen molar-refractivity contribution >= 4 is 17.4 Å². The van der Waals surface area contributed by atoms with Crippen LogP contribution in [0.1, 0.15) is 34.1 Å². The fourth-order valence-corrected chi connectivity index (χ4v) is 1.58. The van der Waals surface area contributed by atoms with Gasteiger partial charge in [0.15, 0.2) is 0 Å². The first kappa shape index (κ1) is 17.1. The monoisotopic (exact) mass is 294 g/mol. The fraction of sp³-hybridized carbons (Fsp3) is 0.600. The molecule has 0 saturated heterocycles. The number of hydrogen-bond donors (Lipinski definition) is 3. The quantitative estimate of drug-likeness (QED) is 0.682. The van der Waals surface area contributed by atoms with Crippen LogP contribution >= 0.6 is 0 Å². The van der Waals surface area contributed by atoms with Crippen LogP contribution in [0.15, 0.2) is 12.1 Å². The molecule has 1 atom stereocenters. The van der Waals surface area contributed by atoms with E-state index in [-0.39, 0.29) is 11.9 Å². The molecule has 1 heterocycles. The van der Waals surface area contributed by atoms with Crippen molar-refractivity contribution in [3.8, 4) is 5.88 Å². The van der Waals surface area contributed by atoms with E-state index < -0.39 is 0 Å². The zero-order chi connectivity index (χ0) is 15.8. The van der Waals surface area contributed by atoms with Gasteiger partial charge in [0, 0.05) is 6.54 Å². The minimum absolute atomic E-state index is 0.0554. The van der Waals surface area contributed by atoms with Gasteiger partial charge in [0.05, 0.1) is 12.3 Å². The molecule has 6 heteroatoms. The van der Waals surface area contributed by atoms with E-state index in [0.29, 0.717) is 36.5 Å². The van der Waals surface area contributed by atoms with Crippen molar-refractivity contribution in [2.24, 2.45) is 5.92 Å². The standard InChI is InChI=1S/C15H26N4O2/c1-5-8-17-14(20)11(4)18-13-7-6-12(16)15(19-13)21-9-10(2)3/h6-7,10-11H,5,8-9,16H2,1-4H3,(H,17,20)(H,18,19). The number of ether oxygens (including phenoxy) is 1. The number of nitrogens with one attached hydrogen (secondary N) is 2. The molecule has 1 aromatic heterocycles. The molecule has 0 aliphatic heterocycles. The largest absolute Gasteiger partial charge is 0.476 e. The number of hydrogen-bond acceptors (Lipinski definition) is 5. The SMILES string of the molecule is CCCNC(=O)C(C)Nc1ccc(N)c(OCC(C)C)n1. The van der Waals surface area contributed by atoms with Crippen molar-refractivity contribution in [3.05, 3.63) is 12.1 Å². The van der Waals surface area contributed by atoms with E-state index in [1.165, 1.54) is 0 Å². The Balaban J connectivity index is 2.66. The summed E-state index contributed by atoms with van der Waals surface area (Å²) in [6, 6.07) is 3.09. The second-order valence-corrected chi connectivity index (χ2v) is 5.45. The topological polar surface area (TPSA) is 89.3 Å². The summed E-state index contributed by atoms with van der Waals surface area (Å²) in [6.45, 7) is 9.13. The molecule has 21 heavy (non-hydrogen) atoms. The maximum absolute atomic E-state index is 11.8. The van der Waals surface area contributed by atoms with Gasteiger partial charge in [0.1, 0.15) is 11.9 Å². The molecule has 6 nitrogen and oxygen atoms in total. The summed E-state index contributed by atoms with van der Waals surface area (Å²) in [5.41, 5.74) is 6.33. The van der Waals surface area contributed by atoms with Crippen LogP contribution in [0.3, 0.4) is 0 Å². The number of rotatable bonds is 8. The molecule has 0 spiro atoms. The highest BCUT2D eigenvalue weighted by molar-refractivity contribution is 5.83. The molecule has 0 aliphatic carbocycles. The van der Waals surface area contributed by atoms with E-state index in [2.05, 4.69) is 29.5 Å². The van der Waals surface area contributed by atoms with Crippen molar-refractivity contribution in [3.63, 3.8) is 0 Å². The lowest BCUT2D eigenvalue weighted by Crippen LogP contribution is -2.38. The summed E-state index contributed by atoms with van der Waals surface area (Å²) in [5.74, 6) is 1.30. The van der Waals surface area contributed by atoms with Gasteiger partial charge in [-0.15, -0.1) is 0 Å². The van der Waals surface area contributed by atoms with Gasteiger partial charge in [-0.2, -0.15) is 4.98 Å². The summed E-state index contributed by atoms with van der Waals surface area (Å²) in [4.78, 5) is 16.1. The second kappa shape index (κ2) is 8.34. The van der Waals surface area contributed by atoms with Crippen molar-refractivity contribution in [2.45, 2.75) is 40.2 Å². The zero-order valence-electron chi connectivity index (χ0n) is 13.3. The number of nitrogen functional groups attached to an aromatic ring is 1. The van der Waals surface area contributed by atoms with Gasteiger partial charge < -0.3 is 21.1 Å². The highest BCUT2D eigenvalue weighted by Gasteiger charge is 2.13. The molecule has 118 valence electrons. The molecule has 0 bridgehead atoms. The van der Waals surface area contributed by atoms with Crippen LogP contribution in [-0.2, 0) is 4.79 Å². The average Bonchev–Trinajstić information content (AvgIpc) is 2.44. The lowest BCUT2D eigenvalue weighted by Gasteiger charge is -2.16. The lowest BCUT2D eigenvalue weighted by molar-refractivity contribution is -0.121. The van der Waals surface area contributed by atoms with Gasteiger partial charge >= 0.3 is 0 Å². The third-order valence-electron chi connectivity index (χ3n) is 2.75. The van der Waals surface area contributed by atoms with E-state index in [1.807, 2.05) is 6.92 Å². The smallest absolute Gasteiger partial charge is 0.242 e. The zero-order valence-corrected chi connectivity index (χ0v) is 13.3. The van der Waals surface area contributed by atoms with Crippen LogP contribution in [0, 0.1) is 5.92 Å². The van der Waals surface area contributed by atoms with Crippen LogP contribution in [0.25, 0.3) is 0 Å². The van der Waals surface area contributed by atoms with Crippen molar-refractivity contribution < 1.29 is 9.53 Å². The maximum atomic E-state index is 11.8. The highest BCUT2D eigenvalue weighted by atomic mass is 16.5. The predicted molar refractivity (Wildman–Crippen MR) is 85.4 cm³/mol. The van der Waals surface area contributed by atoms with E-state index in [1.54, 1.807) is 19.1 Å². The molecule has 1 unspecified atom stereocenters. The molecule has 0 aliphatic rings. The van der Waals surface area contributed by atoms with Gasteiger partial charge in [0.2, 0.25) is 11.8 Å². The third kappa shape index (κ3) is 5.89.